The summed E-state index contributed by atoms with van der Waals surface area (Å²) < 4.78 is 0. The van der Waals surface area contributed by atoms with Crippen molar-refractivity contribution < 1.29 is 0 Å². The third-order valence-corrected chi connectivity index (χ3v) is 1.78. The Morgan fingerprint density at radius 3 is 3.00 bits per heavy atom. The number of pyridine rings is 1. The van der Waals surface area contributed by atoms with Gasteiger partial charge in [0.15, 0.2) is 5.82 Å². The molecule has 1 aromatic heterocycles. The molecule has 3 heteroatoms. The number of terminal acetylenes is 1. The summed E-state index contributed by atoms with van der Waals surface area (Å²) in [7, 11) is 0. The maximum absolute atomic E-state index is 5.75. The van der Waals surface area contributed by atoms with E-state index in [0.717, 1.165) is 12.4 Å². The molecule has 0 bridgehead atoms. The quantitative estimate of drug-likeness (QED) is 0.700. The highest BCUT2D eigenvalue weighted by Gasteiger charge is 2.06. The largest absolute Gasteiger partial charge is 0.396 e. The Morgan fingerprint density at radius 2 is 2.46 bits per heavy atom. The van der Waals surface area contributed by atoms with Crippen LogP contribution < -0.4 is 10.6 Å². The molecule has 2 N–H and O–H groups in total. The molecule has 0 saturated carbocycles. The van der Waals surface area contributed by atoms with Crippen LogP contribution in [0.4, 0.5) is 11.5 Å². The molecule has 0 aliphatic rings. The fourth-order valence-electron chi connectivity index (χ4n) is 1.12. The molecule has 13 heavy (non-hydrogen) atoms. The summed E-state index contributed by atoms with van der Waals surface area (Å²) in [6.45, 7) is 3.37. The molecule has 3 nitrogen and oxygen atoms in total. The zero-order chi connectivity index (χ0) is 9.68. The molecule has 0 unspecified atom stereocenters. The van der Waals surface area contributed by atoms with Gasteiger partial charge in [-0.1, -0.05) is 5.92 Å². The van der Waals surface area contributed by atoms with Gasteiger partial charge in [-0.2, -0.15) is 0 Å². The lowest BCUT2D eigenvalue weighted by Crippen LogP contribution is -2.24. The molecule has 1 heterocycles. The molecule has 1 rings (SSSR count). The lowest BCUT2D eigenvalue weighted by atomic mass is 10.3. The van der Waals surface area contributed by atoms with Gasteiger partial charge in [-0.25, -0.2) is 4.98 Å². The Kier molecular flexibility index (Phi) is 3.15. The minimum Gasteiger partial charge on any atom is -0.396 e. The smallest absolute Gasteiger partial charge is 0.152 e. The fraction of sp³-hybridized carbons (Fsp3) is 0.300. The van der Waals surface area contributed by atoms with Crippen LogP contribution in [0.3, 0.4) is 0 Å². The number of aromatic nitrogens is 1. The van der Waals surface area contributed by atoms with E-state index >= 15 is 0 Å². The van der Waals surface area contributed by atoms with Gasteiger partial charge in [-0.05, 0) is 19.1 Å². The summed E-state index contributed by atoms with van der Waals surface area (Å²) in [6, 6.07) is 3.63. The summed E-state index contributed by atoms with van der Waals surface area (Å²) in [5, 5.41) is 0. The van der Waals surface area contributed by atoms with E-state index in [0.29, 0.717) is 12.2 Å². The average Bonchev–Trinajstić information content (AvgIpc) is 2.16. The van der Waals surface area contributed by atoms with E-state index in [1.54, 1.807) is 6.20 Å². The van der Waals surface area contributed by atoms with Crippen LogP contribution in [0, 0.1) is 12.3 Å². The van der Waals surface area contributed by atoms with Crippen molar-refractivity contribution in [2.45, 2.75) is 6.92 Å². The molecular formula is C10H13N3. The van der Waals surface area contributed by atoms with Gasteiger partial charge in [-0.15, -0.1) is 6.42 Å². The zero-order valence-electron chi connectivity index (χ0n) is 7.70. The van der Waals surface area contributed by atoms with Crippen molar-refractivity contribution in [1.82, 2.24) is 4.98 Å². The minimum atomic E-state index is 0.539. The summed E-state index contributed by atoms with van der Waals surface area (Å²) >= 11 is 0. The molecule has 0 aliphatic heterocycles. The summed E-state index contributed by atoms with van der Waals surface area (Å²) in [5.74, 6) is 3.34. The summed E-state index contributed by atoms with van der Waals surface area (Å²) in [4.78, 5) is 6.13. The topological polar surface area (TPSA) is 42.2 Å². The van der Waals surface area contributed by atoms with Gasteiger partial charge in [0.1, 0.15) is 0 Å². The lowest BCUT2D eigenvalue weighted by Gasteiger charge is -2.20. The minimum absolute atomic E-state index is 0.539. The molecule has 0 spiro atoms. The Labute approximate surface area is 78.6 Å². The molecule has 0 aromatic carbocycles. The first kappa shape index (κ1) is 9.40. The number of rotatable bonds is 3. The van der Waals surface area contributed by atoms with E-state index < -0.39 is 0 Å². The first-order valence-electron chi connectivity index (χ1n) is 4.18. The van der Waals surface area contributed by atoms with E-state index in [1.165, 1.54) is 0 Å². The summed E-state index contributed by atoms with van der Waals surface area (Å²) in [5.41, 5.74) is 6.42. The molecule has 0 aliphatic carbocycles. The third-order valence-electron chi connectivity index (χ3n) is 1.78. The second-order valence-electron chi connectivity index (χ2n) is 2.63. The van der Waals surface area contributed by atoms with Gasteiger partial charge in [0.25, 0.3) is 0 Å². The maximum atomic E-state index is 5.75. The van der Waals surface area contributed by atoms with Gasteiger partial charge >= 0.3 is 0 Å². The van der Waals surface area contributed by atoms with Gasteiger partial charge in [0.2, 0.25) is 0 Å². The number of hydrogen-bond acceptors (Lipinski definition) is 3. The molecule has 0 saturated heterocycles. The van der Waals surface area contributed by atoms with Gasteiger partial charge < -0.3 is 10.6 Å². The van der Waals surface area contributed by atoms with Crippen LogP contribution in [0.15, 0.2) is 18.3 Å². The molecule has 68 valence electrons. The number of nitrogens with two attached hydrogens (primary N) is 1. The zero-order valence-corrected chi connectivity index (χ0v) is 7.70. The van der Waals surface area contributed by atoms with Crippen molar-refractivity contribution in [2.24, 2.45) is 0 Å². The Hall–Kier alpha value is -1.69. The standard InChI is InChI=1S/C10H13N3/c1-3-8-13(4-2)10-9(11)6-5-7-12-10/h1,5-7H,4,8,11H2,2H3. The molecule has 0 atom stereocenters. The Bertz CT molecular complexity index is 314. The van der Waals surface area contributed by atoms with E-state index in [-0.39, 0.29) is 0 Å². The van der Waals surface area contributed by atoms with Crippen molar-refractivity contribution in [3.63, 3.8) is 0 Å². The SMILES string of the molecule is C#CCN(CC)c1ncccc1N. The van der Waals surface area contributed by atoms with E-state index in [1.807, 2.05) is 24.0 Å². The monoisotopic (exact) mass is 175 g/mol. The van der Waals surface area contributed by atoms with Gasteiger partial charge in [0, 0.05) is 12.7 Å². The van der Waals surface area contributed by atoms with E-state index in [2.05, 4.69) is 10.9 Å². The Balaban J connectivity index is 2.92. The lowest BCUT2D eigenvalue weighted by molar-refractivity contribution is 0.895. The number of anilines is 2. The van der Waals surface area contributed by atoms with Crippen molar-refractivity contribution in [3.8, 4) is 12.3 Å². The molecule has 1 aromatic rings. The number of hydrogen-bond donors (Lipinski definition) is 1. The fourth-order valence-corrected chi connectivity index (χ4v) is 1.12. The molecule has 0 fully saturated rings. The number of nitrogens with zero attached hydrogens (tertiary/aromatic N) is 2. The maximum Gasteiger partial charge on any atom is 0.152 e. The third kappa shape index (κ3) is 2.12. The van der Waals surface area contributed by atoms with Crippen LogP contribution in [0.2, 0.25) is 0 Å². The summed E-state index contributed by atoms with van der Waals surface area (Å²) in [6.07, 6.45) is 6.95. The van der Waals surface area contributed by atoms with Crippen LogP contribution in [-0.2, 0) is 0 Å². The van der Waals surface area contributed by atoms with Crippen molar-refractivity contribution in [2.75, 3.05) is 23.7 Å². The molecular weight excluding hydrogens is 162 g/mol. The van der Waals surface area contributed by atoms with Crippen molar-refractivity contribution >= 4 is 11.5 Å². The first-order valence-corrected chi connectivity index (χ1v) is 4.18. The normalized spacial score (nSPS) is 9.23. The van der Waals surface area contributed by atoms with Crippen molar-refractivity contribution in [1.29, 1.82) is 0 Å². The first-order chi connectivity index (χ1) is 6.29. The number of nitrogen functional groups attached to an aromatic ring is 1. The van der Waals surface area contributed by atoms with Crippen LogP contribution in [0.5, 0.6) is 0 Å². The van der Waals surface area contributed by atoms with Crippen LogP contribution in [-0.4, -0.2) is 18.1 Å². The van der Waals surface area contributed by atoms with E-state index in [9.17, 15) is 0 Å². The Morgan fingerprint density at radius 1 is 1.69 bits per heavy atom. The highest BCUT2D eigenvalue weighted by molar-refractivity contribution is 5.62. The van der Waals surface area contributed by atoms with Crippen LogP contribution >= 0.6 is 0 Å². The predicted molar refractivity (Wildman–Crippen MR) is 55.4 cm³/mol. The second kappa shape index (κ2) is 4.36. The highest BCUT2D eigenvalue weighted by Crippen LogP contribution is 2.17. The van der Waals surface area contributed by atoms with Gasteiger partial charge in [0.05, 0.1) is 12.2 Å². The van der Waals surface area contributed by atoms with Crippen LogP contribution in [0.1, 0.15) is 6.92 Å². The van der Waals surface area contributed by atoms with Crippen molar-refractivity contribution in [3.05, 3.63) is 18.3 Å². The highest BCUT2D eigenvalue weighted by atomic mass is 15.2. The predicted octanol–water partition coefficient (Wildman–Crippen LogP) is 1.12. The second-order valence-corrected chi connectivity index (χ2v) is 2.63. The van der Waals surface area contributed by atoms with E-state index in [4.69, 9.17) is 12.2 Å². The molecule has 0 amide bonds. The average molecular weight is 175 g/mol. The van der Waals surface area contributed by atoms with Crippen LogP contribution in [0.25, 0.3) is 0 Å². The molecule has 0 radical (unpaired) electrons. The van der Waals surface area contributed by atoms with Gasteiger partial charge in [-0.3, -0.25) is 0 Å².